The second kappa shape index (κ2) is 8.97. The zero-order chi connectivity index (χ0) is 15.0. The number of nitrogens with one attached hydrogen (secondary N) is 1. The number of rotatable bonds is 8. The molecule has 0 aliphatic heterocycles. The van der Waals surface area contributed by atoms with E-state index in [1.54, 1.807) is 0 Å². The normalized spacial score (nSPS) is 12.2. The Morgan fingerprint density at radius 2 is 1.95 bits per heavy atom. The van der Waals surface area contributed by atoms with Gasteiger partial charge in [-0.3, -0.25) is 4.79 Å². The van der Waals surface area contributed by atoms with Crippen LogP contribution in [0, 0.1) is 5.92 Å². The van der Waals surface area contributed by atoms with Crippen molar-refractivity contribution in [1.82, 2.24) is 5.32 Å². The van der Waals surface area contributed by atoms with Gasteiger partial charge in [-0.15, -0.1) is 0 Å². The maximum absolute atomic E-state index is 11.6. The molecule has 5 heteroatoms. The Bertz CT molecular complexity index is 406. The van der Waals surface area contributed by atoms with E-state index in [0.717, 1.165) is 16.6 Å². The lowest BCUT2D eigenvalue weighted by Crippen LogP contribution is -2.40. The van der Waals surface area contributed by atoms with E-state index in [1.807, 2.05) is 24.3 Å². The number of hydrogen-bond acceptors (Lipinski definition) is 4. The summed E-state index contributed by atoms with van der Waals surface area (Å²) in [6, 6.07) is 7.39. The average molecular weight is 344 g/mol. The van der Waals surface area contributed by atoms with E-state index in [4.69, 9.17) is 9.47 Å². The summed E-state index contributed by atoms with van der Waals surface area (Å²) >= 11 is 3.37. The van der Waals surface area contributed by atoms with E-state index in [0.29, 0.717) is 19.1 Å². The van der Waals surface area contributed by atoms with E-state index in [-0.39, 0.29) is 12.0 Å². The van der Waals surface area contributed by atoms with Gasteiger partial charge in [0.25, 0.3) is 0 Å². The third-order valence-electron chi connectivity index (χ3n) is 2.77. The van der Waals surface area contributed by atoms with Gasteiger partial charge < -0.3 is 14.8 Å². The number of carbonyl (C=O) groups is 1. The summed E-state index contributed by atoms with van der Waals surface area (Å²) < 4.78 is 11.4. The van der Waals surface area contributed by atoms with Crippen LogP contribution >= 0.6 is 15.9 Å². The number of hydrogen-bond donors (Lipinski definition) is 1. The fourth-order valence-electron chi connectivity index (χ4n) is 1.81. The molecule has 1 aromatic carbocycles. The summed E-state index contributed by atoms with van der Waals surface area (Å²) in [5.41, 5.74) is 0. The van der Waals surface area contributed by atoms with E-state index in [1.165, 1.54) is 7.11 Å². The van der Waals surface area contributed by atoms with Crippen LogP contribution in [0.2, 0.25) is 0 Å². The van der Waals surface area contributed by atoms with Crippen molar-refractivity contribution < 1.29 is 14.3 Å². The van der Waals surface area contributed by atoms with Crippen LogP contribution in [0.1, 0.15) is 20.3 Å². The minimum Gasteiger partial charge on any atom is -0.492 e. The lowest BCUT2D eigenvalue weighted by Gasteiger charge is -2.18. The Morgan fingerprint density at radius 3 is 2.50 bits per heavy atom. The molecule has 0 radical (unpaired) electrons. The first kappa shape index (κ1) is 17.0. The van der Waals surface area contributed by atoms with Gasteiger partial charge in [-0.05, 0) is 36.6 Å². The monoisotopic (exact) mass is 343 g/mol. The van der Waals surface area contributed by atoms with Crippen molar-refractivity contribution in [3.05, 3.63) is 28.7 Å². The van der Waals surface area contributed by atoms with E-state index in [9.17, 15) is 4.79 Å². The molecule has 0 aromatic heterocycles. The van der Waals surface area contributed by atoms with Gasteiger partial charge in [-0.1, -0.05) is 29.8 Å². The Balaban J connectivity index is 2.33. The summed E-state index contributed by atoms with van der Waals surface area (Å²) in [6.07, 6.45) is 0.755. The van der Waals surface area contributed by atoms with Crippen molar-refractivity contribution in [2.45, 2.75) is 26.3 Å². The van der Waals surface area contributed by atoms with Gasteiger partial charge >= 0.3 is 5.97 Å². The Kier molecular flexibility index (Phi) is 7.62. The summed E-state index contributed by atoms with van der Waals surface area (Å²) in [7, 11) is 1.41. The molecule has 0 aliphatic carbocycles. The third-order valence-corrected chi connectivity index (χ3v) is 3.30. The fraction of sp³-hybridized carbons (Fsp3) is 0.533. The summed E-state index contributed by atoms with van der Waals surface area (Å²) in [6.45, 7) is 5.27. The van der Waals surface area contributed by atoms with Crippen molar-refractivity contribution in [2.24, 2.45) is 5.92 Å². The number of esters is 1. The minimum atomic E-state index is -0.270. The number of methoxy groups -OCH3 is 1. The predicted molar refractivity (Wildman–Crippen MR) is 82.9 cm³/mol. The van der Waals surface area contributed by atoms with Gasteiger partial charge in [0, 0.05) is 11.0 Å². The van der Waals surface area contributed by atoms with Gasteiger partial charge in [0.2, 0.25) is 0 Å². The maximum Gasteiger partial charge on any atom is 0.322 e. The van der Waals surface area contributed by atoms with Crippen LogP contribution in [-0.2, 0) is 9.53 Å². The number of benzene rings is 1. The van der Waals surface area contributed by atoms with Crippen molar-refractivity contribution in [3.63, 3.8) is 0 Å². The van der Waals surface area contributed by atoms with Crippen LogP contribution in [0.4, 0.5) is 0 Å². The lowest BCUT2D eigenvalue weighted by atomic mass is 10.0. The summed E-state index contributed by atoms with van der Waals surface area (Å²) in [5, 5.41) is 3.17. The minimum absolute atomic E-state index is 0.220. The first-order chi connectivity index (χ1) is 9.52. The molecular weight excluding hydrogens is 322 g/mol. The molecule has 0 spiro atoms. The van der Waals surface area contributed by atoms with Gasteiger partial charge in [-0.25, -0.2) is 0 Å². The van der Waals surface area contributed by atoms with Crippen LogP contribution in [0.5, 0.6) is 5.75 Å². The lowest BCUT2D eigenvalue weighted by molar-refractivity contribution is -0.143. The highest BCUT2D eigenvalue weighted by molar-refractivity contribution is 9.10. The van der Waals surface area contributed by atoms with E-state index in [2.05, 4.69) is 35.1 Å². The fourth-order valence-corrected chi connectivity index (χ4v) is 2.07. The molecule has 20 heavy (non-hydrogen) atoms. The molecule has 1 unspecified atom stereocenters. The molecule has 0 aliphatic rings. The van der Waals surface area contributed by atoms with E-state index >= 15 is 0 Å². The van der Waals surface area contributed by atoms with Crippen LogP contribution < -0.4 is 10.1 Å². The summed E-state index contributed by atoms with van der Waals surface area (Å²) in [4.78, 5) is 11.6. The number of ether oxygens (including phenoxy) is 2. The van der Waals surface area contributed by atoms with Gasteiger partial charge in [0.1, 0.15) is 18.4 Å². The smallest absolute Gasteiger partial charge is 0.322 e. The highest BCUT2D eigenvalue weighted by Gasteiger charge is 2.19. The quantitative estimate of drug-likeness (QED) is 0.582. The van der Waals surface area contributed by atoms with Crippen LogP contribution in [0.25, 0.3) is 0 Å². The Morgan fingerprint density at radius 1 is 1.30 bits per heavy atom. The van der Waals surface area contributed by atoms with Crippen LogP contribution in [-0.4, -0.2) is 32.3 Å². The number of carbonyl (C=O) groups excluding carboxylic acids is 1. The second-order valence-electron chi connectivity index (χ2n) is 4.96. The van der Waals surface area contributed by atoms with Crippen molar-refractivity contribution in [2.75, 3.05) is 20.3 Å². The molecule has 0 saturated carbocycles. The van der Waals surface area contributed by atoms with Gasteiger partial charge in [0.15, 0.2) is 0 Å². The largest absolute Gasteiger partial charge is 0.492 e. The molecular formula is C15H22BrNO3. The van der Waals surface area contributed by atoms with E-state index < -0.39 is 0 Å². The standard InChI is InChI=1S/C15H22BrNO3/c1-11(2)10-14(15(18)19-3)17-8-9-20-13-6-4-12(16)5-7-13/h4-7,11,14,17H,8-10H2,1-3H3. The summed E-state index contributed by atoms with van der Waals surface area (Å²) in [5.74, 6) is 1.02. The zero-order valence-corrected chi connectivity index (χ0v) is 13.8. The molecule has 1 N–H and O–H groups in total. The molecule has 0 saturated heterocycles. The first-order valence-electron chi connectivity index (χ1n) is 6.72. The molecule has 112 valence electrons. The van der Waals surface area contributed by atoms with Gasteiger partial charge in [0.05, 0.1) is 7.11 Å². The van der Waals surface area contributed by atoms with Crippen molar-refractivity contribution in [3.8, 4) is 5.75 Å². The molecule has 0 fully saturated rings. The Labute approximate surface area is 129 Å². The first-order valence-corrected chi connectivity index (χ1v) is 7.51. The molecule has 0 heterocycles. The molecule has 1 aromatic rings. The van der Waals surface area contributed by atoms with Crippen LogP contribution in [0.3, 0.4) is 0 Å². The SMILES string of the molecule is COC(=O)C(CC(C)C)NCCOc1ccc(Br)cc1. The third kappa shape index (κ3) is 6.39. The molecule has 0 amide bonds. The number of halogens is 1. The van der Waals surface area contributed by atoms with Crippen LogP contribution in [0.15, 0.2) is 28.7 Å². The highest BCUT2D eigenvalue weighted by Crippen LogP contribution is 2.15. The zero-order valence-electron chi connectivity index (χ0n) is 12.2. The molecule has 4 nitrogen and oxygen atoms in total. The van der Waals surface area contributed by atoms with Crippen molar-refractivity contribution >= 4 is 21.9 Å². The van der Waals surface area contributed by atoms with Gasteiger partial charge in [-0.2, -0.15) is 0 Å². The maximum atomic E-state index is 11.6. The molecule has 0 bridgehead atoms. The topological polar surface area (TPSA) is 47.6 Å². The molecule has 1 atom stereocenters. The Hall–Kier alpha value is -1.07. The average Bonchev–Trinajstić information content (AvgIpc) is 2.43. The predicted octanol–water partition coefficient (Wildman–Crippen LogP) is 3.01. The van der Waals surface area contributed by atoms with Crippen molar-refractivity contribution in [1.29, 1.82) is 0 Å². The molecule has 1 rings (SSSR count). The highest BCUT2D eigenvalue weighted by atomic mass is 79.9. The second-order valence-corrected chi connectivity index (χ2v) is 5.88.